The second-order valence-electron chi connectivity index (χ2n) is 12.5. The van der Waals surface area contributed by atoms with Gasteiger partial charge in [-0.25, -0.2) is 13.4 Å². The van der Waals surface area contributed by atoms with E-state index in [2.05, 4.69) is 114 Å². The van der Waals surface area contributed by atoms with Gasteiger partial charge in [-0.1, -0.05) is 115 Å². The predicted octanol–water partition coefficient (Wildman–Crippen LogP) is 10.3. The molecule has 0 bridgehead atoms. The largest absolute Gasteiger partial charge is 0.309 e. The first-order valence-electron chi connectivity index (χ1n) is 16.1. The minimum atomic E-state index is -3.36. The van der Waals surface area contributed by atoms with Gasteiger partial charge in [0.2, 0.25) is 0 Å². The van der Waals surface area contributed by atoms with Crippen molar-refractivity contribution in [3.8, 4) is 50.5 Å². The molecule has 0 saturated carbocycles. The van der Waals surface area contributed by atoms with Gasteiger partial charge in [-0.3, -0.25) is 0 Å². The highest BCUT2D eigenvalue weighted by molar-refractivity contribution is 7.89. The third kappa shape index (κ3) is 4.91. The molecule has 2 aromatic heterocycles. The number of benzene rings is 6. The highest BCUT2D eigenvalue weighted by Gasteiger charge is 2.25. The fourth-order valence-corrected chi connectivity index (χ4v) is 8.70. The lowest BCUT2D eigenvalue weighted by Gasteiger charge is -2.16. The molecule has 9 rings (SSSR count). The Morgan fingerprint density at radius 2 is 0.958 bits per heavy atom. The van der Waals surface area contributed by atoms with E-state index in [1.165, 1.54) is 10.8 Å². The minimum absolute atomic E-state index is 0.00286. The highest BCUT2D eigenvalue weighted by atomic mass is 32.2. The number of hydrogen-bond donors (Lipinski definition) is 0. The van der Waals surface area contributed by atoms with Crippen LogP contribution in [0, 0.1) is 0 Å². The molecular formula is C43H30N2O2S. The van der Waals surface area contributed by atoms with Crippen LogP contribution in [0.1, 0.15) is 11.1 Å². The number of aromatic nitrogens is 2. The van der Waals surface area contributed by atoms with Crippen LogP contribution in [0.4, 0.5) is 0 Å². The number of pyridine rings is 1. The van der Waals surface area contributed by atoms with Crippen molar-refractivity contribution in [1.29, 1.82) is 0 Å². The molecule has 0 fully saturated rings. The summed E-state index contributed by atoms with van der Waals surface area (Å²) in [4.78, 5) is 5.06. The Kier molecular flexibility index (Phi) is 6.63. The van der Waals surface area contributed by atoms with Crippen LogP contribution in [0.15, 0.2) is 158 Å². The van der Waals surface area contributed by atoms with Gasteiger partial charge >= 0.3 is 0 Å². The van der Waals surface area contributed by atoms with Crippen LogP contribution in [0.3, 0.4) is 0 Å². The second kappa shape index (κ2) is 11.2. The van der Waals surface area contributed by atoms with E-state index < -0.39 is 9.84 Å². The number of nitrogens with zero attached hydrogens (tertiary/aromatic N) is 2. The Balaban J connectivity index is 1.26. The third-order valence-corrected chi connectivity index (χ3v) is 10.9. The quantitative estimate of drug-likeness (QED) is 0.193. The summed E-state index contributed by atoms with van der Waals surface area (Å²) in [5, 5.41) is 2.38. The molecule has 230 valence electrons. The topological polar surface area (TPSA) is 52.0 Å². The van der Waals surface area contributed by atoms with Gasteiger partial charge in [0, 0.05) is 27.6 Å². The van der Waals surface area contributed by atoms with Crippen molar-refractivity contribution in [1.82, 2.24) is 9.55 Å². The zero-order valence-electron chi connectivity index (χ0n) is 26.0. The van der Waals surface area contributed by atoms with E-state index in [0.29, 0.717) is 0 Å². The van der Waals surface area contributed by atoms with Gasteiger partial charge in [0.05, 0.1) is 33.9 Å². The maximum atomic E-state index is 13.4. The zero-order valence-corrected chi connectivity index (χ0v) is 26.9. The van der Waals surface area contributed by atoms with Gasteiger partial charge in [-0.2, -0.15) is 0 Å². The van der Waals surface area contributed by atoms with E-state index in [1.807, 2.05) is 48.5 Å². The molecule has 0 radical (unpaired) electrons. The predicted molar refractivity (Wildman–Crippen MR) is 197 cm³/mol. The first-order chi connectivity index (χ1) is 23.5. The smallest absolute Gasteiger partial charge is 0.158 e. The molecule has 0 N–H and O–H groups in total. The van der Waals surface area contributed by atoms with Crippen molar-refractivity contribution in [2.45, 2.75) is 11.5 Å². The molecule has 0 spiro atoms. The van der Waals surface area contributed by atoms with Crippen molar-refractivity contribution in [3.05, 3.63) is 169 Å². The van der Waals surface area contributed by atoms with Crippen LogP contribution in [0.2, 0.25) is 0 Å². The first-order valence-corrected chi connectivity index (χ1v) is 17.9. The molecule has 0 unspecified atom stereocenters. The molecule has 6 aromatic carbocycles. The summed E-state index contributed by atoms with van der Waals surface area (Å²) in [7, 11) is -3.36. The van der Waals surface area contributed by atoms with Gasteiger partial charge in [-0.15, -0.1) is 0 Å². The van der Waals surface area contributed by atoms with Crippen molar-refractivity contribution < 1.29 is 8.42 Å². The summed E-state index contributed by atoms with van der Waals surface area (Å²) in [6, 6.07) is 54.1. The fraction of sp³-hybridized carbons (Fsp3) is 0.0465. The van der Waals surface area contributed by atoms with E-state index in [9.17, 15) is 8.42 Å². The molecular weight excluding hydrogens is 609 g/mol. The monoisotopic (exact) mass is 638 g/mol. The molecule has 48 heavy (non-hydrogen) atoms. The summed E-state index contributed by atoms with van der Waals surface area (Å²) in [5.74, 6) is 0.00819. The Labute approximate surface area is 279 Å². The summed E-state index contributed by atoms with van der Waals surface area (Å²) in [5.41, 5.74) is 12.7. The summed E-state index contributed by atoms with van der Waals surface area (Å²) in [6.45, 7) is 0. The lowest BCUT2D eigenvalue weighted by Crippen LogP contribution is -2.05. The van der Waals surface area contributed by atoms with Crippen molar-refractivity contribution in [3.63, 3.8) is 0 Å². The van der Waals surface area contributed by atoms with Crippen molar-refractivity contribution in [2.75, 3.05) is 0 Å². The van der Waals surface area contributed by atoms with Gasteiger partial charge in [-0.05, 0) is 75.8 Å². The van der Waals surface area contributed by atoms with Crippen LogP contribution in [-0.4, -0.2) is 18.0 Å². The van der Waals surface area contributed by atoms with Crippen LogP contribution in [0.25, 0.3) is 72.3 Å². The number of rotatable bonds is 4. The van der Waals surface area contributed by atoms with E-state index in [0.717, 1.165) is 72.6 Å². The highest BCUT2D eigenvalue weighted by Crippen LogP contribution is 2.40. The first kappa shape index (κ1) is 28.4. The molecule has 5 heteroatoms. The Hall–Kier alpha value is -5.78. The average Bonchev–Trinajstić information content (AvgIpc) is 3.41. The maximum Gasteiger partial charge on any atom is 0.158 e. The third-order valence-electron chi connectivity index (χ3n) is 9.38. The van der Waals surface area contributed by atoms with E-state index >= 15 is 0 Å². The Morgan fingerprint density at radius 1 is 0.458 bits per heavy atom. The fourth-order valence-electron chi connectivity index (χ4n) is 7.15. The molecule has 0 atom stereocenters. The summed E-state index contributed by atoms with van der Waals surface area (Å²) < 4.78 is 29.1. The lowest BCUT2D eigenvalue weighted by molar-refractivity contribution is 0.595. The van der Waals surface area contributed by atoms with E-state index in [-0.39, 0.29) is 11.5 Å². The molecule has 8 aromatic rings. The maximum absolute atomic E-state index is 13.4. The number of fused-ring (bicyclic) bond motifs is 6. The summed E-state index contributed by atoms with van der Waals surface area (Å²) >= 11 is 0. The van der Waals surface area contributed by atoms with Crippen LogP contribution in [-0.2, 0) is 21.3 Å². The molecule has 4 nitrogen and oxygen atoms in total. The minimum Gasteiger partial charge on any atom is -0.309 e. The second-order valence-corrected chi connectivity index (χ2v) is 14.5. The average molecular weight is 639 g/mol. The molecule has 0 saturated heterocycles. The van der Waals surface area contributed by atoms with Crippen molar-refractivity contribution in [2.24, 2.45) is 0 Å². The Morgan fingerprint density at radius 3 is 1.54 bits per heavy atom. The molecule has 1 aliphatic rings. The molecule has 1 aliphatic heterocycles. The number of para-hydroxylation sites is 2. The standard InChI is InChI=1S/C43H30N2O2S/c46-48(47)27-32-20-19-31(34-24-40(29-11-3-1-4-12-29)44-41(25-34)30-13-5-2-6-14-30)23-38(32)39-26-35(22-21-33(39)28-48)45-42-17-9-7-15-36(42)37-16-8-10-18-43(37)45/h1-26H,27-28H2. The molecule has 0 aliphatic carbocycles. The lowest BCUT2D eigenvalue weighted by atomic mass is 9.91. The normalized spacial score (nSPS) is 13.6. The zero-order chi connectivity index (χ0) is 32.2. The Bertz CT molecular complexity index is 2510. The van der Waals surface area contributed by atoms with Crippen LogP contribution >= 0.6 is 0 Å². The van der Waals surface area contributed by atoms with Crippen LogP contribution in [0.5, 0.6) is 0 Å². The van der Waals surface area contributed by atoms with Gasteiger partial charge in [0.25, 0.3) is 0 Å². The van der Waals surface area contributed by atoms with E-state index in [1.54, 1.807) is 0 Å². The van der Waals surface area contributed by atoms with Gasteiger partial charge in [0.1, 0.15) is 0 Å². The number of sulfone groups is 1. The van der Waals surface area contributed by atoms with E-state index in [4.69, 9.17) is 4.98 Å². The van der Waals surface area contributed by atoms with Crippen LogP contribution < -0.4 is 0 Å². The molecule has 0 amide bonds. The van der Waals surface area contributed by atoms with Gasteiger partial charge in [0.15, 0.2) is 9.84 Å². The van der Waals surface area contributed by atoms with Gasteiger partial charge < -0.3 is 4.57 Å². The van der Waals surface area contributed by atoms with Crippen molar-refractivity contribution >= 4 is 31.6 Å². The molecule has 3 heterocycles. The number of hydrogen-bond acceptors (Lipinski definition) is 3. The summed E-state index contributed by atoms with van der Waals surface area (Å²) in [6.07, 6.45) is 0. The SMILES string of the molecule is O=S1(=O)Cc2ccc(-c3cc(-c4ccccc4)nc(-c4ccccc4)c3)cc2-c2cc(-n3c4ccccc4c4ccccc43)ccc2C1.